The van der Waals surface area contributed by atoms with Gasteiger partial charge in [0.2, 0.25) is 0 Å². The summed E-state index contributed by atoms with van der Waals surface area (Å²) in [7, 11) is 0. The fraction of sp³-hybridized carbons (Fsp3) is 0.263. The highest BCUT2D eigenvalue weighted by molar-refractivity contribution is 6.35. The number of anilines is 1. The molecule has 27 heavy (non-hydrogen) atoms. The van der Waals surface area contributed by atoms with Gasteiger partial charge < -0.3 is 19.6 Å². The molecule has 0 unspecified atom stereocenters. The molecule has 1 aliphatic heterocycles. The van der Waals surface area contributed by atoms with E-state index in [9.17, 15) is 14.7 Å². The zero-order valence-corrected chi connectivity index (χ0v) is 15.9. The van der Waals surface area contributed by atoms with E-state index in [2.05, 4.69) is 0 Å². The van der Waals surface area contributed by atoms with E-state index in [1.54, 1.807) is 41.3 Å². The summed E-state index contributed by atoms with van der Waals surface area (Å²) in [5.74, 6) is -0.701. The SMILES string of the molecule is O=C(O)c1ccccc1N1CCN(C(=O)COc2ccc(Cl)cc2Cl)CC1. The van der Waals surface area contributed by atoms with Crippen molar-refractivity contribution in [3.05, 3.63) is 58.1 Å². The van der Waals surface area contributed by atoms with Crippen LogP contribution in [0.4, 0.5) is 5.69 Å². The minimum Gasteiger partial charge on any atom is -0.482 e. The molecule has 2 aromatic carbocycles. The maximum atomic E-state index is 12.4. The van der Waals surface area contributed by atoms with Crippen LogP contribution in [0.2, 0.25) is 10.0 Å². The number of halogens is 2. The van der Waals surface area contributed by atoms with Crippen LogP contribution in [0.1, 0.15) is 10.4 Å². The lowest BCUT2D eigenvalue weighted by atomic mass is 10.1. The highest BCUT2D eigenvalue weighted by atomic mass is 35.5. The summed E-state index contributed by atoms with van der Waals surface area (Å²) in [4.78, 5) is 27.4. The third-order valence-electron chi connectivity index (χ3n) is 4.35. The summed E-state index contributed by atoms with van der Waals surface area (Å²) in [5, 5.41) is 10.2. The number of ether oxygens (including phenoxy) is 1. The molecule has 2 aromatic rings. The highest BCUT2D eigenvalue weighted by Gasteiger charge is 2.24. The molecule has 0 spiro atoms. The van der Waals surface area contributed by atoms with Gasteiger partial charge >= 0.3 is 5.97 Å². The van der Waals surface area contributed by atoms with Crippen LogP contribution in [0.25, 0.3) is 0 Å². The first kappa shape index (κ1) is 19.3. The third-order valence-corrected chi connectivity index (χ3v) is 4.88. The largest absolute Gasteiger partial charge is 0.482 e. The quantitative estimate of drug-likeness (QED) is 0.820. The van der Waals surface area contributed by atoms with E-state index in [0.717, 1.165) is 0 Å². The number of carboxylic acid groups (broad SMARTS) is 1. The van der Waals surface area contributed by atoms with Gasteiger partial charge in [0, 0.05) is 31.2 Å². The van der Waals surface area contributed by atoms with Crippen molar-refractivity contribution in [2.24, 2.45) is 0 Å². The van der Waals surface area contributed by atoms with Gasteiger partial charge in [-0.05, 0) is 30.3 Å². The molecule has 0 aliphatic carbocycles. The van der Waals surface area contributed by atoms with Crippen LogP contribution < -0.4 is 9.64 Å². The molecular weight excluding hydrogens is 391 g/mol. The van der Waals surface area contributed by atoms with Gasteiger partial charge in [-0.15, -0.1) is 0 Å². The third kappa shape index (κ3) is 4.64. The van der Waals surface area contributed by atoms with Crippen molar-refractivity contribution in [2.75, 3.05) is 37.7 Å². The van der Waals surface area contributed by atoms with E-state index < -0.39 is 5.97 Å². The molecule has 0 atom stereocenters. The van der Waals surface area contributed by atoms with E-state index >= 15 is 0 Å². The molecule has 142 valence electrons. The number of para-hydroxylation sites is 1. The van der Waals surface area contributed by atoms with E-state index in [-0.39, 0.29) is 18.1 Å². The Morgan fingerprint density at radius 2 is 1.74 bits per heavy atom. The van der Waals surface area contributed by atoms with Crippen molar-refractivity contribution in [3.8, 4) is 5.75 Å². The maximum Gasteiger partial charge on any atom is 0.337 e. The average Bonchev–Trinajstić information content (AvgIpc) is 2.67. The second kappa shape index (κ2) is 8.50. The Balaban J connectivity index is 1.56. The molecule has 6 nitrogen and oxygen atoms in total. The molecule has 1 aliphatic rings. The van der Waals surface area contributed by atoms with E-state index in [0.29, 0.717) is 47.7 Å². The van der Waals surface area contributed by atoms with Crippen molar-refractivity contribution in [2.45, 2.75) is 0 Å². The van der Waals surface area contributed by atoms with Gasteiger partial charge in [-0.3, -0.25) is 4.79 Å². The Kier molecular flexibility index (Phi) is 6.08. The second-order valence-corrected chi connectivity index (χ2v) is 6.90. The number of hydrogen-bond donors (Lipinski definition) is 1. The zero-order valence-electron chi connectivity index (χ0n) is 14.4. The number of rotatable bonds is 5. The minimum absolute atomic E-state index is 0.118. The number of carbonyl (C=O) groups is 2. The molecule has 0 bridgehead atoms. The predicted molar refractivity (Wildman–Crippen MR) is 104 cm³/mol. The van der Waals surface area contributed by atoms with Gasteiger partial charge in [0.05, 0.1) is 16.3 Å². The number of nitrogens with zero attached hydrogens (tertiary/aromatic N) is 2. The number of aromatic carboxylic acids is 1. The first-order chi connectivity index (χ1) is 13.0. The Labute approximate surface area is 166 Å². The Hall–Kier alpha value is -2.44. The molecule has 3 rings (SSSR count). The lowest BCUT2D eigenvalue weighted by Crippen LogP contribution is -2.50. The normalized spacial score (nSPS) is 14.1. The number of benzene rings is 2. The second-order valence-electron chi connectivity index (χ2n) is 6.05. The highest BCUT2D eigenvalue weighted by Crippen LogP contribution is 2.27. The summed E-state index contributed by atoms with van der Waals surface area (Å²) < 4.78 is 5.50. The molecule has 1 heterocycles. The van der Waals surface area contributed by atoms with Crippen molar-refractivity contribution in [1.82, 2.24) is 4.90 Å². The maximum absolute atomic E-state index is 12.4. The first-order valence-corrected chi connectivity index (χ1v) is 9.14. The Morgan fingerprint density at radius 1 is 1.04 bits per heavy atom. The van der Waals surface area contributed by atoms with Gasteiger partial charge in [-0.1, -0.05) is 35.3 Å². The Bertz CT molecular complexity index is 851. The lowest BCUT2D eigenvalue weighted by Gasteiger charge is -2.36. The molecule has 1 amide bonds. The van der Waals surface area contributed by atoms with Gasteiger partial charge in [0.15, 0.2) is 6.61 Å². The van der Waals surface area contributed by atoms with Crippen LogP contribution >= 0.6 is 23.2 Å². The number of piperazine rings is 1. The first-order valence-electron chi connectivity index (χ1n) is 8.38. The van der Waals surface area contributed by atoms with Gasteiger partial charge in [0.25, 0.3) is 5.91 Å². The van der Waals surface area contributed by atoms with Crippen LogP contribution in [0.5, 0.6) is 5.75 Å². The summed E-state index contributed by atoms with van der Waals surface area (Å²) in [6.07, 6.45) is 0. The topological polar surface area (TPSA) is 70.1 Å². The minimum atomic E-state index is -0.961. The van der Waals surface area contributed by atoms with E-state index in [4.69, 9.17) is 27.9 Å². The fourth-order valence-electron chi connectivity index (χ4n) is 2.95. The molecule has 1 saturated heterocycles. The monoisotopic (exact) mass is 408 g/mol. The predicted octanol–water partition coefficient (Wildman–Crippen LogP) is 3.42. The molecule has 1 fully saturated rings. The van der Waals surface area contributed by atoms with Gasteiger partial charge in [-0.2, -0.15) is 0 Å². The zero-order chi connectivity index (χ0) is 19.4. The molecular formula is C19H18Cl2N2O4. The fourth-order valence-corrected chi connectivity index (χ4v) is 3.41. The molecule has 8 heteroatoms. The van der Waals surface area contributed by atoms with Crippen LogP contribution in [-0.4, -0.2) is 54.7 Å². The number of amides is 1. The van der Waals surface area contributed by atoms with Crippen LogP contribution in [0, 0.1) is 0 Å². The smallest absolute Gasteiger partial charge is 0.337 e. The number of carboxylic acids is 1. The van der Waals surface area contributed by atoms with Crippen molar-refractivity contribution < 1.29 is 19.4 Å². The van der Waals surface area contributed by atoms with E-state index in [1.165, 1.54) is 0 Å². The summed E-state index contributed by atoms with van der Waals surface area (Å²) in [5.41, 5.74) is 0.930. The van der Waals surface area contributed by atoms with Crippen LogP contribution in [0.15, 0.2) is 42.5 Å². The van der Waals surface area contributed by atoms with Crippen molar-refractivity contribution in [1.29, 1.82) is 0 Å². The van der Waals surface area contributed by atoms with Crippen molar-refractivity contribution >= 4 is 40.8 Å². The lowest BCUT2D eigenvalue weighted by molar-refractivity contribution is -0.133. The van der Waals surface area contributed by atoms with Crippen LogP contribution in [-0.2, 0) is 4.79 Å². The summed E-state index contributed by atoms with van der Waals surface area (Å²) in [6, 6.07) is 11.7. The number of carbonyl (C=O) groups excluding carboxylic acids is 1. The average molecular weight is 409 g/mol. The molecule has 0 aromatic heterocycles. The van der Waals surface area contributed by atoms with E-state index in [1.807, 2.05) is 11.0 Å². The van der Waals surface area contributed by atoms with Gasteiger partial charge in [0.1, 0.15) is 5.75 Å². The van der Waals surface area contributed by atoms with Crippen molar-refractivity contribution in [3.63, 3.8) is 0 Å². The standard InChI is InChI=1S/C19H18Cl2N2O4/c20-13-5-6-17(15(21)11-13)27-12-18(24)23-9-7-22(8-10-23)16-4-2-1-3-14(16)19(25)26/h1-6,11H,7-10,12H2,(H,25,26). The Morgan fingerprint density at radius 3 is 2.41 bits per heavy atom. The number of hydrogen-bond acceptors (Lipinski definition) is 4. The summed E-state index contributed by atoms with van der Waals surface area (Å²) >= 11 is 11.9. The molecule has 1 N–H and O–H groups in total. The molecule has 0 radical (unpaired) electrons. The summed E-state index contributed by atoms with van der Waals surface area (Å²) in [6.45, 7) is 1.97. The van der Waals surface area contributed by atoms with Crippen LogP contribution in [0.3, 0.4) is 0 Å². The van der Waals surface area contributed by atoms with Gasteiger partial charge in [-0.25, -0.2) is 4.79 Å². The molecule has 0 saturated carbocycles.